The lowest BCUT2D eigenvalue weighted by Crippen LogP contribution is -2.07. The minimum atomic E-state index is -4.87. The Bertz CT molecular complexity index is 521. The Morgan fingerprint density at radius 3 is 2.21 bits per heavy atom. The molecule has 0 aliphatic rings. The van der Waals surface area contributed by atoms with Crippen LogP contribution in [0.1, 0.15) is 11.4 Å². The molecule has 1 rings (SSSR count). The van der Waals surface area contributed by atoms with E-state index in [0.29, 0.717) is 4.47 Å². The standard InChI is InChI=1S/C9H13BrO7P2/c1-15-18(11,16-2)9(17-19(12,13)14)7-4-3-5-8(10)6-7/h3-6,9H,1-2H3,(H2,12,13,14). The summed E-state index contributed by atoms with van der Waals surface area (Å²) in [7, 11) is -6.52. The average Bonchev–Trinajstić information content (AvgIpc) is 2.34. The summed E-state index contributed by atoms with van der Waals surface area (Å²) in [5.74, 6) is -1.53. The van der Waals surface area contributed by atoms with E-state index in [1.807, 2.05) is 0 Å². The summed E-state index contributed by atoms with van der Waals surface area (Å²) in [4.78, 5) is 17.8. The number of hydrogen-bond acceptors (Lipinski definition) is 5. The molecule has 0 fully saturated rings. The number of phosphoric ester groups is 1. The van der Waals surface area contributed by atoms with Crippen LogP contribution in [-0.4, -0.2) is 24.0 Å². The highest BCUT2D eigenvalue weighted by molar-refractivity contribution is 9.10. The molecule has 10 heteroatoms. The molecular formula is C9H13BrO7P2. The van der Waals surface area contributed by atoms with Gasteiger partial charge in [-0.2, -0.15) is 0 Å². The summed E-state index contributed by atoms with van der Waals surface area (Å²) in [5, 5.41) is 0. The first-order valence-corrected chi connectivity index (χ1v) is 8.86. The third-order valence-electron chi connectivity index (χ3n) is 2.17. The van der Waals surface area contributed by atoms with Gasteiger partial charge < -0.3 is 18.8 Å². The first-order valence-electron chi connectivity index (χ1n) is 4.92. The van der Waals surface area contributed by atoms with Crippen LogP contribution in [0.5, 0.6) is 0 Å². The molecular weight excluding hydrogens is 362 g/mol. The van der Waals surface area contributed by atoms with E-state index in [0.717, 1.165) is 14.2 Å². The smallest absolute Gasteiger partial charge is 0.310 e. The minimum Gasteiger partial charge on any atom is -0.310 e. The Morgan fingerprint density at radius 1 is 1.21 bits per heavy atom. The van der Waals surface area contributed by atoms with Crippen molar-refractivity contribution >= 4 is 31.3 Å². The van der Waals surface area contributed by atoms with E-state index in [1.165, 1.54) is 12.1 Å². The summed E-state index contributed by atoms with van der Waals surface area (Å²) in [6.45, 7) is 0. The second-order valence-electron chi connectivity index (χ2n) is 3.41. The number of phosphoric acid groups is 1. The topological polar surface area (TPSA) is 102 Å². The van der Waals surface area contributed by atoms with Crippen LogP contribution in [0.3, 0.4) is 0 Å². The third-order valence-corrected chi connectivity index (χ3v) is 5.31. The molecule has 0 bridgehead atoms. The highest BCUT2D eigenvalue weighted by Crippen LogP contribution is 2.64. The molecule has 19 heavy (non-hydrogen) atoms. The zero-order chi connectivity index (χ0) is 14.7. The van der Waals surface area contributed by atoms with Gasteiger partial charge in [-0.3, -0.25) is 9.09 Å². The summed E-state index contributed by atoms with van der Waals surface area (Å²) < 4.78 is 38.0. The van der Waals surface area contributed by atoms with Crippen molar-refractivity contribution in [3.05, 3.63) is 34.3 Å². The SMILES string of the molecule is COP(=O)(OC)C(OP(=O)(O)O)c1cccc(Br)c1. The van der Waals surface area contributed by atoms with Crippen LogP contribution in [0.15, 0.2) is 28.7 Å². The first-order chi connectivity index (χ1) is 8.72. The number of benzene rings is 1. The number of hydrogen-bond donors (Lipinski definition) is 2. The van der Waals surface area contributed by atoms with E-state index in [-0.39, 0.29) is 5.56 Å². The van der Waals surface area contributed by atoms with E-state index in [9.17, 15) is 9.13 Å². The molecule has 1 unspecified atom stereocenters. The van der Waals surface area contributed by atoms with Crippen molar-refractivity contribution in [2.45, 2.75) is 5.85 Å². The van der Waals surface area contributed by atoms with Crippen LogP contribution in [0.25, 0.3) is 0 Å². The Balaban J connectivity index is 3.27. The van der Waals surface area contributed by atoms with E-state index in [4.69, 9.17) is 18.8 Å². The second kappa shape index (κ2) is 6.61. The number of halogens is 1. The van der Waals surface area contributed by atoms with Gasteiger partial charge in [0.05, 0.1) is 0 Å². The van der Waals surface area contributed by atoms with E-state index < -0.39 is 21.3 Å². The molecule has 7 nitrogen and oxygen atoms in total. The van der Waals surface area contributed by atoms with Crippen molar-refractivity contribution in [3.8, 4) is 0 Å². The van der Waals surface area contributed by atoms with Gasteiger partial charge in [-0.1, -0.05) is 28.1 Å². The Morgan fingerprint density at radius 2 is 1.79 bits per heavy atom. The summed E-state index contributed by atoms with van der Waals surface area (Å²) >= 11 is 3.20. The van der Waals surface area contributed by atoms with Gasteiger partial charge in [-0.05, 0) is 17.7 Å². The lowest BCUT2D eigenvalue weighted by Gasteiger charge is -2.24. The van der Waals surface area contributed by atoms with E-state index >= 15 is 0 Å². The van der Waals surface area contributed by atoms with Crippen LogP contribution < -0.4 is 0 Å². The van der Waals surface area contributed by atoms with Gasteiger partial charge in [0.2, 0.25) is 0 Å². The van der Waals surface area contributed by atoms with Gasteiger partial charge in [0.15, 0.2) is 5.85 Å². The molecule has 0 saturated heterocycles. The minimum absolute atomic E-state index is 0.254. The highest BCUT2D eigenvalue weighted by Gasteiger charge is 2.41. The predicted molar refractivity (Wildman–Crippen MR) is 71.6 cm³/mol. The Labute approximate surface area is 118 Å². The van der Waals surface area contributed by atoms with Crippen LogP contribution in [0.4, 0.5) is 0 Å². The second-order valence-corrected chi connectivity index (χ2v) is 7.79. The maximum atomic E-state index is 12.3. The molecule has 108 valence electrons. The summed E-state index contributed by atoms with van der Waals surface area (Å²) in [6, 6.07) is 6.30. The molecule has 0 aromatic heterocycles. The van der Waals surface area contributed by atoms with Gasteiger partial charge in [0.25, 0.3) is 0 Å². The van der Waals surface area contributed by atoms with E-state index in [1.54, 1.807) is 12.1 Å². The zero-order valence-electron chi connectivity index (χ0n) is 10.1. The molecule has 0 saturated carbocycles. The Kier molecular flexibility index (Phi) is 5.92. The van der Waals surface area contributed by atoms with Gasteiger partial charge in [0, 0.05) is 18.7 Å². The first kappa shape index (κ1) is 17.0. The maximum Gasteiger partial charge on any atom is 0.470 e. The van der Waals surface area contributed by atoms with Crippen LogP contribution in [-0.2, 0) is 22.7 Å². The fraction of sp³-hybridized carbons (Fsp3) is 0.333. The molecule has 2 N–H and O–H groups in total. The van der Waals surface area contributed by atoms with Crippen LogP contribution >= 0.6 is 31.3 Å². The largest absolute Gasteiger partial charge is 0.470 e. The van der Waals surface area contributed by atoms with Crippen molar-refractivity contribution in [2.75, 3.05) is 14.2 Å². The van der Waals surface area contributed by atoms with Crippen LogP contribution in [0, 0.1) is 0 Å². The molecule has 0 amide bonds. The normalized spacial score (nSPS) is 14.4. The van der Waals surface area contributed by atoms with E-state index in [2.05, 4.69) is 20.5 Å². The van der Waals surface area contributed by atoms with Crippen molar-refractivity contribution < 1.29 is 32.5 Å². The molecule has 1 aromatic carbocycles. The average molecular weight is 375 g/mol. The molecule has 0 heterocycles. The third kappa shape index (κ3) is 4.77. The molecule has 0 spiro atoms. The lowest BCUT2D eigenvalue weighted by atomic mass is 10.2. The van der Waals surface area contributed by atoms with Crippen molar-refractivity contribution in [1.82, 2.24) is 0 Å². The Hall–Kier alpha value is -0.0400. The van der Waals surface area contributed by atoms with Crippen LogP contribution in [0.2, 0.25) is 0 Å². The predicted octanol–water partition coefficient (Wildman–Crippen LogP) is 3.04. The molecule has 0 aliphatic heterocycles. The van der Waals surface area contributed by atoms with Gasteiger partial charge in [0.1, 0.15) is 0 Å². The van der Waals surface area contributed by atoms with Gasteiger partial charge in [-0.15, -0.1) is 0 Å². The van der Waals surface area contributed by atoms with Gasteiger partial charge >= 0.3 is 15.4 Å². The fourth-order valence-corrected chi connectivity index (χ4v) is 4.04. The number of rotatable bonds is 6. The van der Waals surface area contributed by atoms with Crippen molar-refractivity contribution in [2.24, 2.45) is 0 Å². The zero-order valence-corrected chi connectivity index (χ0v) is 13.5. The summed E-state index contributed by atoms with van der Waals surface area (Å²) in [5.41, 5.74) is 0.254. The molecule has 0 aliphatic carbocycles. The monoisotopic (exact) mass is 374 g/mol. The summed E-state index contributed by atoms with van der Waals surface area (Å²) in [6.07, 6.45) is 0. The maximum absolute atomic E-state index is 12.3. The fourth-order valence-electron chi connectivity index (χ4n) is 1.36. The molecule has 1 aromatic rings. The van der Waals surface area contributed by atoms with Crippen molar-refractivity contribution in [1.29, 1.82) is 0 Å². The lowest BCUT2D eigenvalue weighted by molar-refractivity contribution is 0.142. The molecule has 0 radical (unpaired) electrons. The van der Waals surface area contributed by atoms with Crippen molar-refractivity contribution in [3.63, 3.8) is 0 Å². The molecule has 1 atom stereocenters. The highest BCUT2D eigenvalue weighted by atomic mass is 79.9. The quantitative estimate of drug-likeness (QED) is 0.737. The van der Waals surface area contributed by atoms with Gasteiger partial charge in [-0.25, -0.2) is 4.57 Å².